The van der Waals surface area contributed by atoms with Crippen molar-refractivity contribution in [3.63, 3.8) is 0 Å². The zero-order valence-corrected chi connectivity index (χ0v) is 5.70. The van der Waals surface area contributed by atoms with E-state index in [1.54, 1.807) is 0 Å². The topological polar surface area (TPSA) is 45.8 Å². The minimum Gasteiger partial charge on any atom is -0.362 e. The lowest BCUT2D eigenvalue weighted by Gasteiger charge is -1.92. The Hall–Kier alpha value is -0.790. The molecule has 1 rings (SSSR count). The van der Waals surface area contributed by atoms with Gasteiger partial charge in [-0.1, -0.05) is 0 Å². The zero-order chi connectivity index (χ0) is 6.69. The molecule has 0 aromatic rings. The highest BCUT2D eigenvalue weighted by atomic mass is 15.0. The molecule has 1 aliphatic rings. The van der Waals surface area contributed by atoms with Crippen LogP contribution in [0.1, 0.15) is 26.2 Å². The normalized spacial score (nSPS) is 14.1. The van der Waals surface area contributed by atoms with E-state index in [4.69, 9.17) is 5.41 Å². The van der Waals surface area contributed by atoms with Crippen LogP contribution >= 0.6 is 0 Å². The van der Waals surface area contributed by atoms with Crippen LogP contribution in [0.25, 0.3) is 0 Å². The van der Waals surface area contributed by atoms with E-state index in [9.17, 15) is 0 Å². The van der Waals surface area contributed by atoms with Crippen molar-refractivity contribution in [3.8, 4) is 0 Å². The molecule has 0 atom stereocenters. The lowest BCUT2D eigenvalue weighted by atomic mass is 10.2. The highest BCUT2D eigenvalue weighted by Crippen LogP contribution is 2.11. The van der Waals surface area contributed by atoms with Gasteiger partial charge in [0.15, 0.2) is 0 Å². The standard InChI is InChI=1S/C7H12N2/c1-6(8)3-2-4-7-5-9-7/h5,8-9H,2-4H2,1H3. The second kappa shape index (κ2) is 2.67. The molecular weight excluding hydrogens is 112 g/mol. The van der Waals surface area contributed by atoms with Crippen LogP contribution in [0.4, 0.5) is 0 Å². The van der Waals surface area contributed by atoms with Crippen molar-refractivity contribution >= 4 is 5.71 Å². The second-order valence-corrected chi connectivity index (χ2v) is 2.45. The van der Waals surface area contributed by atoms with Gasteiger partial charge in [0.2, 0.25) is 0 Å². The molecule has 0 bridgehead atoms. The average Bonchev–Trinajstić information content (AvgIpc) is 2.48. The van der Waals surface area contributed by atoms with E-state index in [2.05, 4.69) is 5.32 Å². The highest BCUT2D eigenvalue weighted by Gasteiger charge is 2.03. The lowest BCUT2D eigenvalue weighted by Crippen LogP contribution is -1.88. The molecular formula is C7H12N2. The first-order chi connectivity index (χ1) is 4.29. The van der Waals surface area contributed by atoms with Gasteiger partial charge in [0.1, 0.15) is 0 Å². The van der Waals surface area contributed by atoms with Gasteiger partial charge in [-0.05, 0) is 26.2 Å². The molecule has 0 fully saturated rings. The Bertz CT molecular complexity index is 145. The number of rotatable bonds is 4. The van der Waals surface area contributed by atoms with Crippen molar-refractivity contribution in [1.29, 1.82) is 5.41 Å². The molecule has 0 aromatic carbocycles. The number of nitrogens with one attached hydrogen (secondary N) is 2. The van der Waals surface area contributed by atoms with Crippen LogP contribution in [0.3, 0.4) is 0 Å². The van der Waals surface area contributed by atoms with Gasteiger partial charge in [0, 0.05) is 17.6 Å². The van der Waals surface area contributed by atoms with Gasteiger partial charge in [-0.15, -0.1) is 0 Å². The summed E-state index contributed by atoms with van der Waals surface area (Å²) in [7, 11) is 0. The van der Waals surface area contributed by atoms with Crippen LogP contribution in [0.5, 0.6) is 0 Å². The van der Waals surface area contributed by atoms with Crippen molar-refractivity contribution in [3.05, 3.63) is 11.9 Å². The molecule has 1 heterocycles. The Morgan fingerprint density at radius 3 is 2.89 bits per heavy atom. The molecule has 2 heteroatoms. The first-order valence-corrected chi connectivity index (χ1v) is 3.28. The summed E-state index contributed by atoms with van der Waals surface area (Å²) in [6.07, 6.45) is 5.20. The maximum atomic E-state index is 7.12. The molecule has 0 aliphatic carbocycles. The van der Waals surface area contributed by atoms with Gasteiger partial charge >= 0.3 is 0 Å². The molecule has 2 nitrogen and oxygen atoms in total. The molecule has 0 spiro atoms. The van der Waals surface area contributed by atoms with Crippen LogP contribution in [-0.2, 0) is 0 Å². The number of hydrogen-bond acceptors (Lipinski definition) is 2. The van der Waals surface area contributed by atoms with Crippen molar-refractivity contribution in [1.82, 2.24) is 5.32 Å². The smallest absolute Gasteiger partial charge is 0.0309 e. The van der Waals surface area contributed by atoms with Gasteiger partial charge in [-0.2, -0.15) is 0 Å². The predicted molar refractivity (Wildman–Crippen MR) is 38.5 cm³/mol. The largest absolute Gasteiger partial charge is 0.362 e. The van der Waals surface area contributed by atoms with Gasteiger partial charge < -0.3 is 10.7 Å². The third-order valence-electron chi connectivity index (χ3n) is 1.35. The van der Waals surface area contributed by atoms with E-state index in [0.29, 0.717) is 0 Å². The van der Waals surface area contributed by atoms with E-state index >= 15 is 0 Å². The molecule has 2 N–H and O–H groups in total. The maximum absolute atomic E-state index is 7.12. The number of hydrogen-bond donors (Lipinski definition) is 2. The molecule has 9 heavy (non-hydrogen) atoms. The Kier molecular flexibility index (Phi) is 1.88. The summed E-state index contributed by atoms with van der Waals surface area (Å²) in [5.74, 6) is 0. The number of allylic oxidation sites excluding steroid dienone is 1. The van der Waals surface area contributed by atoms with Crippen molar-refractivity contribution in [2.75, 3.05) is 0 Å². The first kappa shape index (κ1) is 6.33. The van der Waals surface area contributed by atoms with E-state index in [1.807, 2.05) is 13.1 Å². The fourth-order valence-corrected chi connectivity index (χ4v) is 0.739. The summed E-state index contributed by atoms with van der Waals surface area (Å²) in [5.41, 5.74) is 2.13. The zero-order valence-electron chi connectivity index (χ0n) is 5.70. The maximum Gasteiger partial charge on any atom is 0.0309 e. The van der Waals surface area contributed by atoms with E-state index in [0.717, 1.165) is 25.0 Å². The molecule has 0 saturated carbocycles. The Labute approximate surface area is 55.5 Å². The molecule has 0 aromatic heterocycles. The third kappa shape index (κ3) is 2.90. The highest BCUT2D eigenvalue weighted by molar-refractivity contribution is 5.78. The van der Waals surface area contributed by atoms with Crippen molar-refractivity contribution in [2.24, 2.45) is 0 Å². The van der Waals surface area contributed by atoms with Crippen LogP contribution in [0.15, 0.2) is 11.9 Å². The molecule has 0 radical (unpaired) electrons. The SMILES string of the molecule is CC(=N)CCCC1=CN1. The summed E-state index contributed by atoms with van der Waals surface area (Å²) < 4.78 is 0. The van der Waals surface area contributed by atoms with E-state index < -0.39 is 0 Å². The second-order valence-electron chi connectivity index (χ2n) is 2.45. The minimum absolute atomic E-state index is 0.788. The Morgan fingerprint density at radius 2 is 2.44 bits per heavy atom. The molecule has 0 unspecified atom stereocenters. The van der Waals surface area contributed by atoms with Gasteiger partial charge in [-0.3, -0.25) is 0 Å². The minimum atomic E-state index is 0.788. The lowest BCUT2D eigenvalue weighted by molar-refractivity contribution is 0.854. The van der Waals surface area contributed by atoms with E-state index in [1.165, 1.54) is 5.70 Å². The summed E-state index contributed by atoms with van der Waals surface area (Å²) in [6, 6.07) is 0. The third-order valence-corrected chi connectivity index (χ3v) is 1.35. The monoisotopic (exact) mass is 124 g/mol. The van der Waals surface area contributed by atoms with Gasteiger partial charge in [0.05, 0.1) is 0 Å². The van der Waals surface area contributed by atoms with Crippen LogP contribution < -0.4 is 5.32 Å². The van der Waals surface area contributed by atoms with E-state index in [-0.39, 0.29) is 0 Å². The molecule has 50 valence electrons. The van der Waals surface area contributed by atoms with Crippen LogP contribution in [0, 0.1) is 5.41 Å². The van der Waals surface area contributed by atoms with Crippen molar-refractivity contribution in [2.45, 2.75) is 26.2 Å². The first-order valence-electron chi connectivity index (χ1n) is 3.28. The summed E-state index contributed by atoms with van der Waals surface area (Å²) in [6.45, 7) is 1.86. The van der Waals surface area contributed by atoms with Gasteiger partial charge in [-0.25, -0.2) is 0 Å². The molecule has 0 saturated heterocycles. The van der Waals surface area contributed by atoms with Gasteiger partial charge in [0.25, 0.3) is 0 Å². The Balaban J connectivity index is 1.92. The molecule has 1 aliphatic heterocycles. The average molecular weight is 124 g/mol. The van der Waals surface area contributed by atoms with Crippen molar-refractivity contribution < 1.29 is 0 Å². The fourth-order valence-electron chi connectivity index (χ4n) is 0.739. The Morgan fingerprint density at radius 1 is 1.78 bits per heavy atom. The summed E-state index contributed by atoms with van der Waals surface area (Å²) in [5, 5.41) is 10.1. The quantitative estimate of drug-likeness (QED) is 0.550. The summed E-state index contributed by atoms with van der Waals surface area (Å²) in [4.78, 5) is 0. The van der Waals surface area contributed by atoms with Crippen LogP contribution in [0.2, 0.25) is 0 Å². The molecule has 0 amide bonds. The summed E-state index contributed by atoms with van der Waals surface area (Å²) >= 11 is 0. The van der Waals surface area contributed by atoms with Crippen LogP contribution in [-0.4, -0.2) is 5.71 Å². The fraction of sp³-hybridized carbons (Fsp3) is 0.571. The predicted octanol–water partition coefficient (Wildman–Crippen LogP) is 1.64.